The van der Waals surface area contributed by atoms with Gasteiger partial charge in [0.1, 0.15) is 18.2 Å². The van der Waals surface area contributed by atoms with Crippen LogP contribution in [0.5, 0.6) is 0 Å². The lowest BCUT2D eigenvalue weighted by Gasteiger charge is -2.33. The number of anilines is 1. The Morgan fingerprint density at radius 1 is 1.00 bits per heavy atom. The topological polar surface area (TPSA) is 82.2 Å². The van der Waals surface area contributed by atoms with Gasteiger partial charge in [0.2, 0.25) is 5.91 Å². The van der Waals surface area contributed by atoms with Gasteiger partial charge in [-0.15, -0.1) is 24.8 Å². The summed E-state index contributed by atoms with van der Waals surface area (Å²) in [7, 11) is 0. The first-order valence-electron chi connectivity index (χ1n) is 10.1. The van der Waals surface area contributed by atoms with Crippen LogP contribution in [0.15, 0.2) is 6.33 Å². The Balaban J connectivity index is 0.00000140. The van der Waals surface area contributed by atoms with E-state index in [-0.39, 0.29) is 36.8 Å². The molecule has 4 rings (SSSR count). The second kappa shape index (κ2) is 11.1. The minimum absolute atomic E-state index is 0. The smallest absolute Gasteiger partial charge is 0.242 e. The maximum Gasteiger partial charge on any atom is 0.242 e. The van der Waals surface area contributed by atoms with Crippen molar-refractivity contribution in [1.82, 2.24) is 25.5 Å². The number of nitrogens with one attached hydrogen (secondary N) is 3. The third kappa shape index (κ3) is 5.47. The Bertz CT molecular complexity index is 641. The van der Waals surface area contributed by atoms with Crippen molar-refractivity contribution < 1.29 is 4.79 Å². The molecule has 0 spiro atoms. The van der Waals surface area contributed by atoms with Gasteiger partial charge in [-0.1, -0.05) is 0 Å². The molecule has 0 aromatic carbocycles. The number of aromatic nitrogens is 2. The van der Waals surface area contributed by atoms with E-state index in [1.807, 2.05) is 0 Å². The molecule has 1 atom stereocenters. The van der Waals surface area contributed by atoms with Crippen LogP contribution < -0.4 is 16.0 Å². The summed E-state index contributed by atoms with van der Waals surface area (Å²) in [6.07, 6.45) is 9.01. The zero-order valence-electron chi connectivity index (χ0n) is 16.3. The first kappa shape index (κ1) is 23.1. The molecule has 2 fully saturated rings. The van der Waals surface area contributed by atoms with Crippen LogP contribution in [0.1, 0.15) is 43.4 Å². The first-order valence-corrected chi connectivity index (χ1v) is 10.1. The summed E-state index contributed by atoms with van der Waals surface area (Å²) >= 11 is 0. The summed E-state index contributed by atoms with van der Waals surface area (Å²) in [5, 5.41) is 9.88. The van der Waals surface area contributed by atoms with Crippen molar-refractivity contribution >= 4 is 36.5 Å². The van der Waals surface area contributed by atoms with Crippen LogP contribution in [-0.2, 0) is 17.6 Å². The fourth-order valence-electron chi connectivity index (χ4n) is 4.45. The van der Waals surface area contributed by atoms with Gasteiger partial charge < -0.3 is 16.0 Å². The molecule has 1 amide bonds. The molecule has 0 bridgehead atoms. The van der Waals surface area contributed by atoms with Crippen LogP contribution in [0.3, 0.4) is 0 Å². The molecular weight excluding hydrogens is 399 g/mol. The van der Waals surface area contributed by atoms with Crippen molar-refractivity contribution in [3.05, 3.63) is 17.6 Å². The number of carbonyl (C=O) groups is 1. The van der Waals surface area contributed by atoms with Crippen molar-refractivity contribution in [3.63, 3.8) is 0 Å². The molecule has 1 unspecified atom stereocenters. The van der Waals surface area contributed by atoms with Gasteiger partial charge in [0.05, 0.1) is 5.69 Å². The summed E-state index contributed by atoms with van der Waals surface area (Å²) in [5.41, 5.74) is 2.36. The van der Waals surface area contributed by atoms with Crippen LogP contribution >= 0.6 is 24.8 Å². The molecule has 3 N–H and O–H groups in total. The van der Waals surface area contributed by atoms with Crippen molar-refractivity contribution in [2.24, 2.45) is 0 Å². The van der Waals surface area contributed by atoms with E-state index < -0.39 is 0 Å². The molecule has 1 aromatic rings. The van der Waals surface area contributed by atoms with E-state index in [4.69, 9.17) is 0 Å². The molecule has 3 aliphatic heterocycles. The highest BCUT2D eigenvalue weighted by atomic mass is 35.5. The Morgan fingerprint density at radius 2 is 1.79 bits per heavy atom. The van der Waals surface area contributed by atoms with Gasteiger partial charge in [-0.3, -0.25) is 9.69 Å². The monoisotopic (exact) mass is 430 g/mol. The largest absolute Gasteiger partial charge is 0.358 e. The molecule has 0 saturated carbocycles. The van der Waals surface area contributed by atoms with E-state index in [0.29, 0.717) is 6.04 Å². The van der Waals surface area contributed by atoms with Gasteiger partial charge in [0.15, 0.2) is 0 Å². The average molecular weight is 431 g/mol. The number of carbonyl (C=O) groups excluding carboxylic acids is 1. The van der Waals surface area contributed by atoms with Gasteiger partial charge in [0.25, 0.3) is 0 Å². The summed E-state index contributed by atoms with van der Waals surface area (Å²) in [5.74, 6) is 0.962. The number of amides is 1. The summed E-state index contributed by atoms with van der Waals surface area (Å²) in [6, 6.07) is 0.503. The van der Waals surface area contributed by atoms with Gasteiger partial charge in [-0.2, -0.15) is 0 Å². The normalized spacial score (nSPS) is 23.9. The van der Waals surface area contributed by atoms with Crippen molar-refractivity contribution in [2.75, 3.05) is 38.0 Å². The number of rotatable bonds is 3. The maximum absolute atomic E-state index is 12.3. The summed E-state index contributed by atoms with van der Waals surface area (Å²) in [6.45, 7) is 5.15. The Kier molecular flexibility index (Phi) is 9.21. The van der Waals surface area contributed by atoms with Crippen LogP contribution in [0.25, 0.3) is 0 Å². The molecule has 9 heteroatoms. The van der Waals surface area contributed by atoms with Crippen molar-refractivity contribution in [2.45, 2.75) is 57.0 Å². The Morgan fingerprint density at radius 3 is 2.61 bits per heavy atom. The fraction of sp³-hybridized carbons (Fsp3) is 0.737. The summed E-state index contributed by atoms with van der Waals surface area (Å²) in [4.78, 5) is 24.0. The minimum atomic E-state index is -0.180. The molecule has 158 valence electrons. The van der Waals surface area contributed by atoms with E-state index in [9.17, 15) is 4.79 Å². The zero-order chi connectivity index (χ0) is 17.8. The molecule has 1 aromatic heterocycles. The van der Waals surface area contributed by atoms with Crippen molar-refractivity contribution in [1.29, 1.82) is 0 Å². The molecule has 4 heterocycles. The van der Waals surface area contributed by atoms with Gasteiger partial charge >= 0.3 is 0 Å². The third-order valence-corrected chi connectivity index (χ3v) is 5.99. The fourth-order valence-corrected chi connectivity index (χ4v) is 4.45. The van der Waals surface area contributed by atoms with Crippen LogP contribution in [0.4, 0.5) is 5.82 Å². The molecule has 2 saturated heterocycles. The van der Waals surface area contributed by atoms with Crippen LogP contribution in [0, 0.1) is 0 Å². The molecule has 28 heavy (non-hydrogen) atoms. The Labute approximate surface area is 179 Å². The highest BCUT2D eigenvalue weighted by Gasteiger charge is 2.27. The lowest BCUT2D eigenvalue weighted by Crippen LogP contribution is -2.44. The molecule has 0 radical (unpaired) electrons. The second-order valence-corrected chi connectivity index (χ2v) is 7.65. The van der Waals surface area contributed by atoms with Gasteiger partial charge in [0, 0.05) is 37.7 Å². The predicted octanol–water partition coefficient (Wildman–Crippen LogP) is 1.55. The van der Waals surface area contributed by atoms with E-state index in [0.717, 1.165) is 76.3 Å². The molecular formula is C19H32Cl2N6O. The number of halogens is 2. The predicted molar refractivity (Wildman–Crippen MR) is 116 cm³/mol. The van der Waals surface area contributed by atoms with Gasteiger partial charge in [-0.25, -0.2) is 9.97 Å². The lowest BCUT2D eigenvalue weighted by atomic mass is 10.0. The highest BCUT2D eigenvalue weighted by Crippen LogP contribution is 2.24. The van der Waals surface area contributed by atoms with Crippen LogP contribution in [0.2, 0.25) is 0 Å². The van der Waals surface area contributed by atoms with E-state index in [1.165, 1.54) is 18.4 Å². The zero-order valence-corrected chi connectivity index (χ0v) is 17.9. The van der Waals surface area contributed by atoms with E-state index in [2.05, 4.69) is 30.8 Å². The first-order chi connectivity index (χ1) is 12.8. The third-order valence-electron chi connectivity index (χ3n) is 5.99. The standard InChI is InChI=1S/C19H30N6O.2ClH/c26-19-17(3-1-2-8-21-19)24-18-15-6-11-25(14-4-9-20-10-5-14)12-7-16(15)22-13-23-18;;/h13-14,17,20H,1-12H2,(H,21,26)(H,22,23,24);2*1H. The Hall–Kier alpha value is -1.15. The number of fused-ring (bicyclic) bond motifs is 1. The molecule has 3 aliphatic rings. The van der Waals surface area contributed by atoms with Crippen LogP contribution in [-0.4, -0.2) is 65.6 Å². The summed E-state index contributed by atoms with van der Waals surface area (Å²) < 4.78 is 0. The average Bonchev–Trinajstić information content (AvgIpc) is 3.02. The molecule has 0 aliphatic carbocycles. The van der Waals surface area contributed by atoms with Gasteiger partial charge in [-0.05, 0) is 51.6 Å². The maximum atomic E-state index is 12.3. The SMILES string of the molecule is Cl.Cl.O=C1NCCCCC1Nc1ncnc2c1CCN(C1CCNCC1)CC2. The van der Waals surface area contributed by atoms with Crippen molar-refractivity contribution in [3.8, 4) is 0 Å². The number of nitrogens with zero attached hydrogens (tertiary/aromatic N) is 3. The quantitative estimate of drug-likeness (QED) is 0.674. The van der Waals surface area contributed by atoms with E-state index in [1.54, 1.807) is 6.33 Å². The second-order valence-electron chi connectivity index (χ2n) is 7.65. The minimum Gasteiger partial charge on any atom is -0.358 e. The van der Waals surface area contributed by atoms with E-state index >= 15 is 0 Å². The number of piperidine rings is 1. The lowest BCUT2D eigenvalue weighted by molar-refractivity contribution is -0.121. The molecule has 7 nitrogen and oxygen atoms in total. The number of hydrogen-bond donors (Lipinski definition) is 3. The number of hydrogen-bond acceptors (Lipinski definition) is 6. The highest BCUT2D eigenvalue weighted by molar-refractivity contribution is 5.86.